The number of carbonyl (C=O) groups is 1. The summed E-state index contributed by atoms with van der Waals surface area (Å²) >= 11 is 0. The third-order valence-electron chi connectivity index (χ3n) is 5.14. The molecule has 1 saturated carbocycles. The second-order valence-corrected chi connectivity index (χ2v) is 6.32. The molecule has 0 spiro atoms. The third-order valence-corrected chi connectivity index (χ3v) is 5.14. The maximum absolute atomic E-state index is 11.7. The molecule has 3 N–H and O–H groups in total. The van der Waals surface area contributed by atoms with Crippen molar-refractivity contribution in [3.8, 4) is 0 Å². The van der Waals surface area contributed by atoms with Crippen LogP contribution < -0.4 is 11.1 Å². The van der Waals surface area contributed by atoms with Gasteiger partial charge in [0.25, 0.3) is 0 Å². The van der Waals surface area contributed by atoms with E-state index in [9.17, 15) is 4.79 Å². The molecule has 3 atom stereocenters. The summed E-state index contributed by atoms with van der Waals surface area (Å²) in [5.41, 5.74) is 5.02. The zero-order valence-corrected chi connectivity index (χ0v) is 12.4. The molecule has 1 aliphatic heterocycles. The van der Waals surface area contributed by atoms with E-state index in [-0.39, 0.29) is 11.5 Å². The molecule has 0 aromatic rings. The highest BCUT2D eigenvalue weighted by atomic mass is 16.5. The molecule has 0 radical (unpaired) electrons. The number of likely N-dealkylation sites (N-methyl/N-ethyl adjacent to an activating group) is 1. The highest BCUT2D eigenvalue weighted by molar-refractivity contribution is 5.85. The summed E-state index contributed by atoms with van der Waals surface area (Å²) in [5, 5.41) is 3.15. The van der Waals surface area contributed by atoms with Gasteiger partial charge in [-0.15, -0.1) is 0 Å². The number of nitrogens with two attached hydrogens (primary N) is 1. The van der Waals surface area contributed by atoms with Crippen molar-refractivity contribution in [3.63, 3.8) is 0 Å². The van der Waals surface area contributed by atoms with Crippen LogP contribution in [0, 0.1) is 0 Å². The number of rotatable bonds is 4. The van der Waals surface area contributed by atoms with Crippen LogP contribution in [0.1, 0.15) is 39.0 Å². The summed E-state index contributed by atoms with van der Waals surface area (Å²) in [6.45, 7) is 4.22. The van der Waals surface area contributed by atoms with Gasteiger partial charge in [-0.25, -0.2) is 0 Å². The third kappa shape index (κ3) is 2.78. The average Bonchev–Trinajstić information content (AvgIpc) is 2.85. The van der Waals surface area contributed by atoms with Crippen LogP contribution in [-0.2, 0) is 9.53 Å². The minimum atomic E-state index is -0.508. The summed E-state index contributed by atoms with van der Waals surface area (Å²) in [7, 11) is 3.63. The van der Waals surface area contributed by atoms with Crippen molar-refractivity contribution >= 4 is 5.91 Å². The number of methoxy groups -OCH3 is 1. The molecule has 0 bridgehead atoms. The van der Waals surface area contributed by atoms with E-state index >= 15 is 0 Å². The lowest BCUT2D eigenvalue weighted by molar-refractivity contribution is -0.124. The molecule has 5 heteroatoms. The molecule has 0 aromatic carbocycles. The van der Waals surface area contributed by atoms with E-state index in [2.05, 4.69) is 17.1 Å². The Morgan fingerprint density at radius 3 is 2.74 bits per heavy atom. The van der Waals surface area contributed by atoms with Gasteiger partial charge < -0.3 is 15.8 Å². The molecule has 5 nitrogen and oxygen atoms in total. The monoisotopic (exact) mass is 269 g/mol. The largest absolute Gasteiger partial charge is 0.377 e. The number of likely N-dealkylation sites (tertiary alicyclic amines) is 1. The topological polar surface area (TPSA) is 67.6 Å². The summed E-state index contributed by atoms with van der Waals surface area (Å²) in [4.78, 5) is 14.2. The smallest absolute Gasteiger partial charge is 0.237 e. The average molecular weight is 269 g/mol. The molecule has 0 aromatic heterocycles. The van der Waals surface area contributed by atoms with Crippen molar-refractivity contribution in [1.29, 1.82) is 0 Å². The van der Waals surface area contributed by atoms with E-state index in [1.807, 2.05) is 7.05 Å². The van der Waals surface area contributed by atoms with Crippen molar-refractivity contribution in [2.45, 2.75) is 56.2 Å². The van der Waals surface area contributed by atoms with E-state index < -0.39 is 5.54 Å². The first kappa shape index (κ1) is 14.8. The number of nitrogens with zero attached hydrogens (tertiary/aromatic N) is 1. The van der Waals surface area contributed by atoms with Crippen LogP contribution in [0.15, 0.2) is 0 Å². The van der Waals surface area contributed by atoms with Crippen molar-refractivity contribution in [2.24, 2.45) is 5.73 Å². The highest BCUT2D eigenvalue weighted by Crippen LogP contribution is 2.36. The summed E-state index contributed by atoms with van der Waals surface area (Å²) < 4.78 is 5.65. The molecule has 1 aliphatic carbocycles. The Kier molecular flexibility index (Phi) is 4.18. The molecular weight excluding hydrogens is 242 g/mol. The molecule has 1 saturated heterocycles. The fraction of sp³-hybridized carbons (Fsp3) is 0.929. The van der Waals surface area contributed by atoms with Crippen molar-refractivity contribution in [3.05, 3.63) is 0 Å². The Balaban J connectivity index is 2.02. The second kappa shape index (κ2) is 5.38. The van der Waals surface area contributed by atoms with Crippen LogP contribution in [0.5, 0.6) is 0 Å². The molecule has 3 unspecified atom stereocenters. The number of hydrogen-bond acceptors (Lipinski definition) is 4. The first-order valence-electron chi connectivity index (χ1n) is 7.23. The van der Waals surface area contributed by atoms with Crippen LogP contribution in [0.4, 0.5) is 0 Å². The minimum absolute atomic E-state index is 0.0458. The van der Waals surface area contributed by atoms with Gasteiger partial charge in [0, 0.05) is 19.7 Å². The van der Waals surface area contributed by atoms with Gasteiger partial charge in [-0.05, 0) is 52.6 Å². The molecule has 110 valence electrons. The van der Waals surface area contributed by atoms with Crippen LogP contribution in [0.2, 0.25) is 0 Å². The van der Waals surface area contributed by atoms with Gasteiger partial charge >= 0.3 is 0 Å². The highest BCUT2D eigenvalue weighted by Gasteiger charge is 2.46. The van der Waals surface area contributed by atoms with Crippen molar-refractivity contribution < 1.29 is 9.53 Å². The number of hydrogen-bond donors (Lipinski definition) is 2. The van der Waals surface area contributed by atoms with Gasteiger partial charge in [-0.1, -0.05) is 0 Å². The number of amides is 1. The first-order valence-corrected chi connectivity index (χ1v) is 7.23. The summed E-state index contributed by atoms with van der Waals surface area (Å²) in [5.74, 6) is -0.219. The molecule has 2 aliphatic rings. The lowest BCUT2D eigenvalue weighted by Crippen LogP contribution is -2.55. The van der Waals surface area contributed by atoms with Crippen LogP contribution >= 0.6 is 0 Å². The van der Waals surface area contributed by atoms with Gasteiger partial charge in [-0.3, -0.25) is 9.69 Å². The molecule has 2 rings (SSSR count). The second-order valence-electron chi connectivity index (χ2n) is 6.32. The van der Waals surface area contributed by atoms with E-state index in [1.165, 1.54) is 0 Å². The van der Waals surface area contributed by atoms with Gasteiger partial charge in [0.1, 0.15) is 0 Å². The number of primary amides is 1. The molecular formula is C14H27N3O2. The Labute approximate surface area is 115 Å². The van der Waals surface area contributed by atoms with E-state index in [0.29, 0.717) is 6.04 Å². The first-order chi connectivity index (χ1) is 8.95. The lowest BCUT2D eigenvalue weighted by Gasteiger charge is -2.42. The number of nitrogens with one attached hydrogen (secondary N) is 1. The van der Waals surface area contributed by atoms with E-state index in [4.69, 9.17) is 10.5 Å². The molecule has 19 heavy (non-hydrogen) atoms. The van der Waals surface area contributed by atoms with Crippen molar-refractivity contribution in [2.75, 3.05) is 27.2 Å². The summed E-state index contributed by atoms with van der Waals surface area (Å²) in [6, 6.07) is 0.440. The van der Waals surface area contributed by atoms with Crippen LogP contribution in [0.3, 0.4) is 0 Å². The molecule has 1 amide bonds. The van der Waals surface area contributed by atoms with Gasteiger partial charge in [-0.2, -0.15) is 0 Å². The summed E-state index contributed by atoms with van der Waals surface area (Å²) in [6.07, 6.45) is 4.95. The van der Waals surface area contributed by atoms with E-state index in [0.717, 1.165) is 45.2 Å². The predicted molar refractivity (Wildman–Crippen MR) is 74.8 cm³/mol. The fourth-order valence-electron chi connectivity index (χ4n) is 3.63. The van der Waals surface area contributed by atoms with Gasteiger partial charge in [0.05, 0.1) is 11.1 Å². The lowest BCUT2D eigenvalue weighted by atomic mass is 9.92. The molecule has 2 fully saturated rings. The number of piperidine rings is 1. The fourth-order valence-corrected chi connectivity index (χ4v) is 3.63. The SMILES string of the molecule is CNC1(C(N)=O)CCC(N2CCCC(C)(OC)C2)C1. The van der Waals surface area contributed by atoms with Gasteiger partial charge in [0.2, 0.25) is 5.91 Å². The Morgan fingerprint density at radius 2 is 2.21 bits per heavy atom. The zero-order chi connectivity index (χ0) is 14.1. The Hall–Kier alpha value is -0.650. The minimum Gasteiger partial charge on any atom is -0.377 e. The van der Waals surface area contributed by atoms with Crippen LogP contribution in [0.25, 0.3) is 0 Å². The Morgan fingerprint density at radius 1 is 1.47 bits per heavy atom. The Bertz CT molecular complexity index is 350. The quantitative estimate of drug-likeness (QED) is 0.779. The number of ether oxygens (including phenoxy) is 1. The molecule has 1 heterocycles. The van der Waals surface area contributed by atoms with E-state index in [1.54, 1.807) is 7.11 Å². The standard InChI is InChI=1S/C14H27N3O2/c1-13(19-3)6-4-8-17(10-13)11-5-7-14(9-11,16-2)12(15)18/h11,16H,4-10H2,1-3H3,(H2,15,18). The maximum atomic E-state index is 11.7. The predicted octanol–water partition coefficient (Wildman–Crippen LogP) is 0.483. The van der Waals surface area contributed by atoms with Crippen LogP contribution in [-0.4, -0.2) is 55.2 Å². The van der Waals surface area contributed by atoms with Gasteiger partial charge in [0.15, 0.2) is 0 Å². The maximum Gasteiger partial charge on any atom is 0.237 e. The number of carbonyl (C=O) groups excluding carboxylic acids is 1. The van der Waals surface area contributed by atoms with Crippen molar-refractivity contribution in [1.82, 2.24) is 10.2 Å². The normalized spacial score (nSPS) is 40.5. The zero-order valence-electron chi connectivity index (χ0n) is 12.4.